The van der Waals surface area contributed by atoms with E-state index in [9.17, 15) is 22.0 Å². The quantitative estimate of drug-likeness (QED) is 0.474. The highest BCUT2D eigenvalue weighted by Crippen LogP contribution is 2.22. The molecule has 5 nitrogen and oxygen atoms in total. The number of hydrogen-bond acceptors (Lipinski definition) is 4. The highest BCUT2D eigenvalue weighted by molar-refractivity contribution is 7.86. The van der Waals surface area contributed by atoms with E-state index in [2.05, 4.69) is 4.74 Å². The van der Waals surface area contributed by atoms with Gasteiger partial charge in [0.2, 0.25) is 0 Å². The Morgan fingerprint density at radius 2 is 1.90 bits per heavy atom. The lowest BCUT2D eigenvalue weighted by molar-refractivity contribution is -0.00956. The number of halogens is 2. The monoisotopic (exact) mass is 314 g/mol. The van der Waals surface area contributed by atoms with Crippen LogP contribution in [0.15, 0.2) is 18.2 Å². The molecule has 0 bridgehead atoms. The first-order valence-electron chi connectivity index (χ1n) is 5.66. The van der Waals surface area contributed by atoms with Gasteiger partial charge in [-0.15, -0.1) is 0 Å². The smallest absolute Gasteiger partial charge is 0.402 e. The van der Waals surface area contributed by atoms with Crippen molar-refractivity contribution in [3.8, 4) is 0 Å². The maximum atomic E-state index is 13.0. The Balaban J connectivity index is 2.91. The first-order valence-corrected chi connectivity index (χ1v) is 7.10. The van der Waals surface area contributed by atoms with Gasteiger partial charge in [0.05, 0.1) is 21.3 Å². The molecule has 0 aliphatic rings. The molecule has 1 aromatic carbocycles. The van der Waals surface area contributed by atoms with Crippen LogP contribution < -0.4 is 0 Å². The molecule has 0 unspecified atom stereocenters. The van der Waals surface area contributed by atoms with Crippen LogP contribution in [0.2, 0.25) is 0 Å². The first kappa shape index (κ1) is 17.6. The maximum Gasteiger partial charge on any atom is 0.402 e. The van der Waals surface area contributed by atoms with E-state index in [1.807, 2.05) is 0 Å². The van der Waals surface area contributed by atoms with Crippen LogP contribution in [0.5, 0.6) is 0 Å². The Kier molecular flexibility index (Phi) is 5.52. The van der Waals surface area contributed by atoms with Gasteiger partial charge in [-0.05, 0) is 11.6 Å². The minimum atomic E-state index is -5.66. The molecule has 0 amide bonds. The van der Waals surface area contributed by atoms with Crippen molar-refractivity contribution in [2.45, 2.75) is 17.9 Å². The number of alkyl halides is 2. The van der Waals surface area contributed by atoms with E-state index in [1.54, 1.807) is 0 Å². The molecule has 0 saturated heterocycles. The van der Waals surface area contributed by atoms with Crippen molar-refractivity contribution >= 4 is 31.8 Å². The van der Waals surface area contributed by atoms with Crippen LogP contribution >= 0.6 is 0 Å². The zero-order valence-corrected chi connectivity index (χ0v) is 11.6. The normalized spacial score (nSPS) is 12.1. The summed E-state index contributed by atoms with van der Waals surface area (Å²) in [6, 6.07) is 4.28. The van der Waals surface area contributed by atoms with Gasteiger partial charge in [-0.1, -0.05) is 30.3 Å². The van der Waals surface area contributed by atoms with Gasteiger partial charge in [0.25, 0.3) is 0 Å². The van der Waals surface area contributed by atoms with Gasteiger partial charge in [0, 0.05) is 0 Å². The van der Waals surface area contributed by atoms with Crippen molar-refractivity contribution in [2.75, 3.05) is 6.61 Å². The van der Waals surface area contributed by atoms with Gasteiger partial charge in [0.1, 0.15) is 0 Å². The van der Waals surface area contributed by atoms with E-state index in [0.717, 1.165) is 0 Å². The fraction of sp³-hybridized carbons (Fsp3) is 0.364. The van der Waals surface area contributed by atoms with Gasteiger partial charge in [-0.25, -0.2) is 4.79 Å². The van der Waals surface area contributed by atoms with Gasteiger partial charge in [-0.3, -0.25) is 4.55 Å². The second kappa shape index (κ2) is 6.57. The summed E-state index contributed by atoms with van der Waals surface area (Å²) in [6.07, 6.45) is 0.135. The van der Waals surface area contributed by atoms with Crippen LogP contribution in [0, 0.1) is 0 Å². The zero-order chi connectivity index (χ0) is 16.3. The summed E-state index contributed by atoms with van der Waals surface area (Å²) < 4.78 is 59.2. The molecular formula is C11H10B2F2O5S. The van der Waals surface area contributed by atoms with E-state index in [1.165, 1.54) is 18.2 Å². The number of hydrogen-bond donors (Lipinski definition) is 1. The van der Waals surface area contributed by atoms with Crippen LogP contribution in [0.3, 0.4) is 0 Å². The molecular weight excluding hydrogens is 304 g/mol. The highest BCUT2D eigenvalue weighted by atomic mass is 32.2. The molecule has 1 rings (SSSR count). The number of ether oxygens (including phenoxy) is 1. The van der Waals surface area contributed by atoms with E-state index in [4.69, 9.17) is 20.2 Å². The topological polar surface area (TPSA) is 80.7 Å². The summed E-state index contributed by atoms with van der Waals surface area (Å²) in [6.45, 7) is -1.80. The fourth-order valence-electron chi connectivity index (χ4n) is 1.44. The van der Waals surface area contributed by atoms with Crippen molar-refractivity contribution in [1.29, 1.82) is 0 Å². The molecule has 0 fully saturated rings. The highest BCUT2D eigenvalue weighted by Gasteiger charge is 2.45. The standard InChI is InChI=1S/C11H10B2F2O5S/c12-4-7-1-2-9(8(3-7)5-13)10(16)20-6-11(14,15)21(17,18)19/h1-3H,4-6H2,(H,17,18,19). The van der Waals surface area contributed by atoms with Crippen LogP contribution in [-0.4, -0.2) is 46.5 Å². The summed E-state index contributed by atoms with van der Waals surface area (Å²) in [7, 11) is 5.18. The van der Waals surface area contributed by atoms with E-state index >= 15 is 0 Å². The number of benzene rings is 1. The van der Waals surface area contributed by atoms with Crippen molar-refractivity contribution in [3.63, 3.8) is 0 Å². The predicted molar refractivity (Wildman–Crippen MR) is 72.1 cm³/mol. The van der Waals surface area contributed by atoms with Crippen molar-refractivity contribution in [1.82, 2.24) is 0 Å². The molecule has 1 aromatic rings. The van der Waals surface area contributed by atoms with E-state index in [-0.39, 0.29) is 18.2 Å². The molecule has 0 saturated carbocycles. The van der Waals surface area contributed by atoms with E-state index in [0.29, 0.717) is 11.1 Å². The van der Waals surface area contributed by atoms with Crippen LogP contribution in [0.1, 0.15) is 21.5 Å². The van der Waals surface area contributed by atoms with Crippen molar-refractivity contribution in [3.05, 3.63) is 34.9 Å². The Bertz CT molecular complexity index is 634. The van der Waals surface area contributed by atoms with Crippen LogP contribution in [0.4, 0.5) is 8.78 Å². The average molecular weight is 314 g/mol. The number of carbonyl (C=O) groups excluding carboxylic acids is 1. The second-order valence-corrected chi connectivity index (χ2v) is 5.64. The molecule has 0 aliphatic carbocycles. The number of esters is 1. The zero-order valence-electron chi connectivity index (χ0n) is 10.8. The third-order valence-corrected chi connectivity index (χ3v) is 3.47. The molecule has 0 heterocycles. The molecule has 0 aliphatic heterocycles. The molecule has 21 heavy (non-hydrogen) atoms. The Hall–Kier alpha value is -1.41. The lowest BCUT2D eigenvalue weighted by Crippen LogP contribution is -2.34. The SMILES string of the molecule is [B]Cc1ccc(C(=O)OCC(F)(F)S(=O)(=O)O)c(C[B])c1. The molecule has 1 N–H and O–H groups in total. The molecule has 0 atom stereocenters. The molecule has 110 valence electrons. The summed E-state index contributed by atoms with van der Waals surface area (Å²) >= 11 is 0. The van der Waals surface area contributed by atoms with Gasteiger partial charge in [0.15, 0.2) is 6.61 Å². The Morgan fingerprint density at radius 3 is 2.38 bits per heavy atom. The minimum Gasteiger partial charge on any atom is -0.454 e. The third kappa shape index (κ3) is 4.28. The van der Waals surface area contributed by atoms with Crippen LogP contribution in [-0.2, 0) is 27.5 Å². The number of carbonyl (C=O) groups is 1. The summed E-state index contributed by atoms with van der Waals surface area (Å²) in [5.74, 6) is -1.18. The van der Waals surface area contributed by atoms with Gasteiger partial charge >= 0.3 is 21.3 Å². The summed E-state index contributed by atoms with van der Waals surface area (Å²) in [5.41, 5.74) is 0.911. The van der Waals surface area contributed by atoms with Crippen LogP contribution in [0.25, 0.3) is 0 Å². The van der Waals surface area contributed by atoms with Gasteiger partial charge in [-0.2, -0.15) is 17.2 Å². The lowest BCUT2D eigenvalue weighted by Gasteiger charge is -2.14. The third-order valence-electron chi connectivity index (χ3n) is 2.59. The molecule has 10 heteroatoms. The molecule has 4 radical (unpaired) electrons. The molecule has 0 spiro atoms. The predicted octanol–water partition coefficient (Wildman–Crippen LogP) is 0.661. The maximum absolute atomic E-state index is 13.0. The van der Waals surface area contributed by atoms with Gasteiger partial charge < -0.3 is 4.74 Å². The fourth-order valence-corrected chi connectivity index (χ4v) is 1.65. The van der Waals surface area contributed by atoms with E-state index < -0.39 is 27.9 Å². The largest absolute Gasteiger partial charge is 0.454 e. The first-order chi connectivity index (χ1) is 9.62. The Labute approximate surface area is 123 Å². The summed E-state index contributed by atoms with van der Waals surface area (Å²) in [5, 5.41) is -4.58. The van der Waals surface area contributed by atoms with Crippen molar-refractivity contribution in [2.24, 2.45) is 0 Å². The molecule has 0 aromatic heterocycles. The van der Waals surface area contributed by atoms with Crippen molar-refractivity contribution < 1.29 is 31.3 Å². The second-order valence-electron chi connectivity index (χ2n) is 4.09. The average Bonchev–Trinajstić information content (AvgIpc) is 2.42. The lowest BCUT2D eigenvalue weighted by atomic mass is 9.88. The minimum absolute atomic E-state index is 0.0625. The summed E-state index contributed by atoms with van der Waals surface area (Å²) in [4.78, 5) is 11.7. The number of rotatable bonds is 6. The Morgan fingerprint density at radius 1 is 1.29 bits per heavy atom.